The van der Waals surface area contributed by atoms with Gasteiger partial charge in [0.25, 0.3) is 5.56 Å². The minimum absolute atomic E-state index is 0.0902. The molecule has 1 heterocycles. The first kappa shape index (κ1) is 20.0. The number of hydrogen-bond acceptors (Lipinski definition) is 3. The van der Waals surface area contributed by atoms with Crippen molar-refractivity contribution in [3.05, 3.63) is 98.3 Å². The molecule has 0 N–H and O–H groups in total. The highest BCUT2D eigenvalue weighted by Crippen LogP contribution is 2.31. The summed E-state index contributed by atoms with van der Waals surface area (Å²) >= 11 is 14.1. The Morgan fingerprint density at radius 3 is 2.31 bits per heavy atom. The van der Waals surface area contributed by atoms with Gasteiger partial charge in [0.05, 0.1) is 16.6 Å². The van der Waals surface area contributed by atoms with E-state index in [1.165, 1.54) is 17.3 Å². The fourth-order valence-corrected chi connectivity index (χ4v) is 4.88. The van der Waals surface area contributed by atoms with E-state index in [1.807, 2.05) is 60.7 Å². The van der Waals surface area contributed by atoms with Crippen molar-refractivity contribution in [2.24, 2.45) is 0 Å². The van der Waals surface area contributed by atoms with E-state index in [0.717, 1.165) is 17.7 Å². The van der Waals surface area contributed by atoms with Crippen LogP contribution in [-0.4, -0.2) is 9.55 Å². The van der Waals surface area contributed by atoms with Gasteiger partial charge in [0.1, 0.15) is 0 Å². The van der Waals surface area contributed by atoms with Crippen molar-refractivity contribution in [3.63, 3.8) is 0 Å². The van der Waals surface area contributed by atoms with Crippen LogP contribution in [0.1, 0.15) is 18.1 Å². The van der Waals surface area contributed by atoms with Gasteiger partial charge in [0.15, 0.2) is 5.16 Å². The number of benzene rings is 3. The first-order valence-electron chi connectivity index (χ1n) is 9.25. The number of rotatable bonds is 5. The quantitative estimate of drug-likeness (QED) is 0.260. The molecule has 3 aromatic carbocycles. The highest BCUT2D eigenvalue weighted by molar-refractivity contribution is 7.98. The zero-order valence-electron chi connectivity index (χ0n) is 15.7. The zero-order valence-corrected chi connectivity index (χ0v) is 18.1. The second-order valence-corrected chi connectivity index (χ2v) is 8.32. The minimum Gasteiger partial charge on any atom is -0.268 e. The van der Waals surface area contributed by atoms with Crippen molar-refractivity contribution < 1.29 is 0 Å². The first-order chi connectivity index (χ1) is 14.1. The van der Waals surface area contributed by atoms with E-state index < -0.39 is 0 Å². The molecule has 0 saturated carbocycles. The monoisotopic (exact) mass is 440 g/mol. The predicted octanol–water partition coefficient (Wildman–Crippen LogP) is 6.55. The van der Waals surface area contributed by atoms with Crippen LogP contribution in [0.2, 0.25) is 10.0 Å². The summed E-state index contributed by atoms with van der Waals surface area (Å²) in [5.41, 5.74) is 3.42. The normalized spacial score (nSPS) is 11.1. The number of fused-ring (bicyclic) bond motifs is 1. The number of para-hydroxylation sites is 1. The standard InChI is InChI=1S/C23H18Cl2N2OS/c1-2-15-10-12-16(13-11-15)27-22(28)17-6-3-4-9-21(17)26-23(27)29-14-18-19(24)7-5-8-20(18)25/h3-13H,2,14H2,1H3. The van der Waals surface area contributed by atoms with Gasteiger partial charge in [0.2, 0.25) is 0 Å². The molecule has 6 heteroatoms. The van der Waals surface area contributed by atoms with Crippen LogP contribution in [0, 0.1) is 0 Å². The molecule has 4 aromatic rings. The Morgan fingerprint density at radius 2 is 1.62 bits per heavy atom. The van der Waals surface area contributed by atoms with Crippen LogP contribution in [-0.2, 0) is 12.2 Å². The van der Waals surface area contributed by atoms with Crippen LogP contribution in [0.15, 0.2) is 76.7 Å². The van der Waals surface area contributed by atoms with Gasteiger partial charge in [-0.3, -0.25) is 9.36 Å². The lowest BCUT2D eigenvalue weighted by Gasteiger charge is -2.14. The van der Waals surface area contributed by atoms with E-state index in [2.05, 4.69) is 6.92 Å². The lowest BCUT2D eigenvalue weighted by Crippen LogP contribution is -2.21. The molecule has 0 unspecified atom stereocenters. The van der Waals surface area contributed by atoms with Gasteiger partial charge >= 0.3 is 0 Å². The highest BCUT2D eigenvalue weighted by Gasteiger charge is 2.15. The van der Waals surface area contributed by atoms with Crippen LogP contribution in [0.3, 0.4) is 0 Å². The van der Waals surface area contributed by atoms with Crippen molar-refractivity contribution in [1.82, 2.24) is 9.55 Å². The smallest absolute Gasteiger partial charge is 0.266 e. The second-order valence-electron chi connectivity index (χ2n) is 6.56. The van der Waals surface area contributed by atoms with E-state index in [4.69, 9.17) is 28.2 Å². The number of aromatic nitrogens is 2. The number of halogens is 2. The molecular weight excluding hydrogens is 423 g/mol. The maximum absolute atomic E-state index is 13.3. The van der Waals surface area contributed by atoms with Crippen molar-refractivity contribution >= 4 is 45.9 Å². The van der Waals surface area contributed by atoms with Crippen LogP contribution in [0.4, 0.5) is 0 Å². The summed E-state index contributed by atoms with van der Waals surface area (Å²) < 4.78 is 1.66. The fraction of sp³-hybridized carbons (Fsp3) is 0.130. The molecule has 0 fully saturated rings. The van der Waals surface area contributed by atoms with Crippen LogP contribution in [0.5, 0.6) is 0 Å². The van der Waals surface area contributed by atoms with E-state index in [1.54, 1.807) is 10.6 Å². The summed E-state index contributed by atoms with van der Waals surface area (Å²) in [6.45, 7) is 2.10. The van der Waals surface area contributed by atoms with Crippen LogP contribution in [0.25, 0.3) is 16.6 Å². The third kappa shape index (κ3) is 4.06. The Morgan fingerprint density at radius 1 is 0.931 bits per heavy atom. The molecule has 0 aliphatic rings. The molecule has 0 radical (unpaired) electrons. The van der Waals surface area contributed by atoms with E-state index in [9.17, 15) is 4.79 Å². The van der Waals surface area contributed by atoms with Crippen molar-refractivity contribution in [2.45, 2.75) is 24.3 Å². The molecule has 0 aliphatic carbocycles. The van der Waals surface area contributed by atoms with Crippen molar-refractivity contribution in [1.29, 1.82) is 0 Å². The van der Waals surface area contributed by atoms with Gasteiger partial charge < -0.3 is 0 Å². The zero-order chi connectivity index (χ0) is 20.4. The molecule has 4 rings (SSSR count). The second kappa shape index (κ2) is 8.62. The van der Waals surface area contributed by atoms with Gasteiger partial charge in [-0.2, -0.15) is 0 Å². The largest absolute Gasteiger partial charge is 0.268 e. The summed E-state index contributed by atoms with van der Waals surface area (Å²) in [6, 6.07) is 20.8. The molecule has 0 spiro atoms. The third-order valence-electron chi connectivity index (χ3n) is 4.76. The minimum atomic E-state index is -0.0902. The van der Waals surface area contributed by atoms with Crippen LogP contribution < -0.4 is 5.56 Å². The summed E-state index contributed by atoms with van der Waals surface area (Å²) in [7, 11) is 0. The van der Waals surface area contributed by atoms with Crippen molar-refractivity contribution in [3.8, 4) is 5.69 Å². The third-order valence-corrected chi connectivity index (χ3v) is 6.43. The molecule has 3 nitrogen and oxygen atoms in total. The summed E-state index contributed by atoms with van der Waals surface area (Å²) in [4.78, 5) is 18.1. The molecular formula is C23H18Cl2N2OS. The van der Waals surface area contributed by atoms with E-state index in [0.29, 0.717) is 31.9 Å². The predicted molar refractivity (Wildman–Crippen MR) is 123 cm³/mol. The molecule has 0 aliphatic heterocycles. The lowest BCUT2D eigenvalue weighted by atomic mass is 10.1. The highest BCUT2D eigenvalue weighted by atomic mass is 35.5. The molecule has 0 saturated heterocycles. The van der Waals surface area contributed by atoms with Gasteiger partial charge in [-0.15, -0.1) is 0 Å². The van der Waals surface area contributed by atoms with E-state index >= 15 is 0 Å². The summed E-state index contributed by atoms with van der Waals surface area (Å²) in [6.07, 6.45) is 0.942. The van der Waals surface area contributed by atoms with Gasteiger partial charge in [-0.1, -0.05) is 72.2 Å². The maximum Gasteiger partial charge on any atom is 0.266 e. The van der Waals surface area contributed by atoms with Gasteiger partial charge in [-0.25, -0.2) is 4.98 Å². The fourth-order valence-electron chi connectivity index (χ4n) is 3.12. The van der Waals surface area contributed by atoms with Gasteiger partial charge in [-0.05, 0) is 53.9 Å². The topological polar surface area (TPSA) is 34.9 Å². The molecule has 146 valence electrons. The Balaban J connectivity index is 1.84. The average molecular weight is 441 g/mol. The summed E-state index contributed by atoms with van der Waals surface area (Å²) in [5, 5.41) is 2.40. The number of aryl methyl sites for hydroxylation is 1. The Labute approximate surface area is 183 Å². The van der Waals surface area contributed by atoms with Crippen LogP contribution >= 0.6 is 35.0 Å². The molecule has 0 amide bonds. The van der Waals surface area contributed by atoms with Gasteiger partial charge in [0, 0.05) is 15.8 Å². The Hall–Kier alpha value is -2.27. The number of hydrogen-bond donors (Lipinski definition) is 0. The molecule has 0 atom stereocenters. The number of thioether (sulfide) groups is 1. The van der Waals surface area contributed by atoms with Crippen molar-refractivity contribution in [2.75, 3.05) is 0 Å². The lowest BCUT2D eigenvalue weighted by molar-refractivity contribution is 0.819. The van der Waals surface area contributed by atoms with E-state index in [-0.39, 0.29) is 5.56 Å². The maximum atomic E-state index is 13.3. The Kier molecular flexibility index (Phi) is 5.95. The summed E-state index contributed by atoms with van der Waals surface area (Å²) in [5.74, 6) is 0.510. The Bertz CT molecular complexity index is 1220. The first-order valence-corrected chi connectivity index (χ1v) is 11.0. The molecule has 0 bridgehead atoms. The SMILES string of the molecule is CCc1ccc(-n2c(SCc3c(Cl)cccc3Cl)nc3ccccc3c2=O)cc1. The number of nitrogens with zero attached hydrogens (tertiary/aromatic N) is 2. The molecule has 1 aromatic heterocycles. The average Bonchev–Trinajstić information content (AvgIpc) is 2.74. The molecule has 29 heavy (non-hydrogen) atoms.